The molecule has 13 heavy (non-hydrogen) atoms. The van der Waals surface area contributed by atoms with E-state index in [2.05, 4.69) is 4.52 Å². The van der Waals surface area contributed by atoms with Crippen LogP contribution >= 0.6 is 7.60 Å². The van der Waals surface area contributed by atoms with E-state index in [4.69, 9.17) is 9.63 Å². The molecule has 5 nitrogen and oxygen atoms in total. The molecule has 1 rings (SSSR count). The molecule has 4 atom stereocenters. The molecule has 0 bridgehead atoms. The molecule has 1 unspecified atom stereocenters. The number of ether oxygens (including phenoxy) is 1. The molecule has 0 aliphatic carbocycles. The molecule has 1 saturated heterocycles. The fourth-order valence-corrected chi connectivity index (χ4v) is 1.68. The monoisotopic (exact) mass is 210 g/mol. The smallest absolute Gasteiger partial charge is 0.325 e. The van der Waals surface area contributed by atoms with Crippen LogP contribution in [-0.4, -0.2) is 41.6 Å². The standard InChI is InChI=1S/C7H15O5P/c1-5-7(8)3-6(12-5)4-11-13(2,9)10/h5-8H,3-4H2,1-2H3,(H,9,10)/t5-,6-,7+/m0/s1. The van der Waals surface area contributed by atoms with Gasteiger partial charge in [-0.2, -0.15) is 0 Å². The summed E-state index contributed by atoms with van der Waals surface area (Å²) in [6.07, 6.45) is -0.529. The molecule has 1 heterocycles. The zero-order valence-corrected chi connectivity index (χ0v) is 8.61. The van der Waals surface area contributed by atoms with Gasteiger partial charge in [-0.25, -0.2) is 0 Å². The maximum atomic E-state index is 10.7. The second kappa shape index (κ2) is 4.07. The second-order valence-electron chi connectivity index (χ2n) is 3.37. The van der Waals surface area contributed by atoms with Gasteiger partial charge in [-0.05, 0) is 6.92 Å². The van der Waals surface area contributed by atoms with Gasteiger partial charge in [0.2, 0.25) is 0 Å². The summed E-state index contributed by atoms with van der Waals surface area (Å²) < 4.78 is 20.7. The van der Waals surface area contributed by atoms with Crippen LogP contribution in [-0.2, 0) is 13.8 Å². The molecule has 1 aliphatic rings. The molecule has 6 heteroatoms. The van der Waals surface area contributed by atoms with Crippen molar-refractivity contribution in [2.24, 2.45) is 0 Å². The lowest BCUT2D eigenvalue weighted by atomic mass is 10.2. The highest BCUT2D eigenvalue weighted by Crippen LogP contribution is 2.37. The Morgan fingerprint density at radius 3 is 2.69 bits per heavy atom. The molecule has 1 fully saturated rings. The number of aliphatic hydroxyl groups is 1. The Morgan fingerprint density at radius 1 is 1.69 bits per heavy atom. The van der Waals surface area contributed by atoms with Gasteiger partial charge in [0.1, 0.15) is 0 Å². The van der Waals surface area contributed by atoms with Crippen molar-refractivity contribution in [2.45, 2.75) is 31.7 Å². The molecule has 0 aromatic heterocycles. The van der Waals surface area contributed by atoms with Gasteiger partial charge >= 0.3 is 7.60 Å². The first-order valence-corrected chi connectivity index (χ1v) is 6.19. The van der Waals surface area contributed by atoms with E-state index in [-0.39, 0.29) is 18.8 Å². The first kappa shape index (κ1) is 11.1. The van der Waals surface area contributed by atoms with E-state index in [0.29, 0.717) is 6.42 Å². The highest BCUT2D eigenvalue weighted by Gasteiger charge is 2.31. The summed E-state index contributed by atoms with van der Waals surface area (Å²) in [4.78, 5) is 8.83. The summed E-state index contributed by atoms with van der Waals surface area (Å²) in [7, 11) is -3.42. The van der Waals surface area contributed by atoms with Gasteiger partial charge in [-0.3, -0.25) is 4.57 Å². The van der Waals surface area contributed by atoms with Gasteiger partial charge in [0, 0.05) is 13.1 Å². The Bertz CT molecular complexity index is 203. The Balaban J connectivity index is 2.29. The lowest BCUT2D eigenvalue weighted by molar-refractivity contribution is 0.00370. The van der Waals surface area contributed by atoms with E-state index >= 15 is 0 Å². The van der Waals surface area contributed by atoms with Crippen molar-refractivity contribution in [1.82, 2.24) is 0 Å². The highest BCUT2D eigenvalue weighted by atomic mass is 31.2. The largest absolute Gasteiger partial charge is 0.390 e. The van der Waals surface area contributed by atoms with Crippen LogP contribution in [0.4, 0.5) is 0 Å². The van der Waals surface area contributed by atoms with Crippen LogP contribution in [0.25, 0.3) is 0 Å². The lowest BCUT2D eigenvalue weighted by Crippen LogP contribution is -2.16. The maximum Gasteiger partial charge on any atom is 0.325 e. The van der Waals surface area contributed by atoms with Crippen molar-refractivity contribution in [3.8, 4) is 0 Å². The predicted octanol–water partition coefficient (Wildman–Crippen LogP) is 0.356. The van der Waals surface area contributed by atoms with Crippen LogP contribution in [0.3, 0.4) is 0 Å². The van der Waals surface area contributed by atoms with Crippen molar-refractivity contribution in [2.75, 3.05) is 13.3 Å². The van der Waals surface area contributed by atoms with E-state index in [1.54, 1.807) is 6.92 Å². The van der Waals surface area contributed by atoms with E-state index in [9.17, 15) is 9.67 Å². The summed E-state index contributed by atoms with van der Waals surface area (Å²) in [6, 6.07) is 0. The lowest BCUT2D eigenvalue weighted by Gasteiger charge is -2.12. The van der Waals surface area contributed by atoms with Gasteiger partial charge in [-0.1, -0.05) is 0 Å². The predicted molar refractivity (Wildman–Crippen MR) is 46.7 cm³/mol. The Labute approximate surface area is 77.2 Å². The van der Waals surface area contributed by atoms with Crippen LogP contribution in [0, 0.1) is 0 Å². The molecular formula is C7H15O5P. The third-order valence-corrected chi connectivity index (χ3v) is 2.58. The van der Waals surface area contributed by atoms with Crippen molar-refractivity contribution < 1.29 is 23.8 Å². The fourth-order valence-electron chi connectivity index (χ4n) is 1.24. The summed E-state index contributed by atoms with van der Waals surface area (Å²) in [6.45, 7) is 2.95. The number of hydrogen-bond acceptors (Lipinski definition) is 4. The van der Waals surface area contributed by atoms with Crippen LogP contribution in [0.5, 0.6) is 0 Å². The molecule has 0 aromatic rings. The fraction of sp³-hybridized carbons (Fsp3) is 1.00. The Morgan fingerprint density at radius 2 is 2.31 bits per heavy atom. The zero-order chi connectivity index (χ0) is 10.1. The Hall–Kier alpha value is 0.0700. The molecule has 2 N–H and O–H groups in total. The van der Waals surface area contributed by atoms with Gasteiger partial charge in [0.05, 0.1) is 24.9 Å². The quantitative estimate of drug-likeness (QED) is 0.657. The second-order valence-corrected chi connectivity index (χ2v) is 5.23. The Kier molecular flexibility index (Phi) is 3.49. The average molecular weight is 210 g/mol. The molecule has 0 amide bonds. The van der Waals surface area contributed by atoms with Crippen molar-refractivity contribution in [3.05, 3.63) is 0 Å². The van der Waals surface area contributed by atoms with E-state index in [1.165, 1.54) is 0 Å². The first-order valence-electron chi connectivity index (χ1n) is 4.17. The van der Waals surface area contributed by atoms with Crippen molar-refractivity contribution in [1.29, 1.82) is 0 Å². The van der Waals surface area contributed by atoms with Crippen molar-refractivity contribution in [3.63, 3.8) is 0 Å². The van der Waals surface area contributed by atoms with Crippen LogP contribution in [0.2, 0.25) is 0 Å². The number of rotatable bonds is 3. The highest BCUT2D eigenvalue weighted by molar-refractivity contribution is 7.51. The van der Waals surface area contributed by atoms with Gasteiger partial charge in [0.15, 0.2) is 0 Å². The molecule has 1 aliphatic heterocycles. The summed E-state index contributed by atoms with van der Waals surface area (Å²) in [5, 5.41) is 9.29. The molecular weight excluding hydrogens is 195 g/mol. The maximum absolute atomic E-state index is 10.7. The van der Waals surface area contributed by atoms with E-state index in [1.807, 2.05) is 0 Å². The number of aliphatic hydroxyl groups excluding tert-OH is 1. The molecule has 0 saturated carbocycles. The summed E-state index contributed by atoms with van der Waals surface area (Å²) in [5.41, 5.74) is 0. The van der Waals surface area contributed by atoms with E-state index in [0.717, 1.165) is 6.66 Å². The van der Waals surface area contributed by atoms with Gasteiger partial charge < -0.3 is 19.3 Å². The van der Waals surface area contributed by atoms with Crippen molar-refractivity contribution >= 4 is 7.60 Å². The van der Waals surface area contributed by atoms with Gasteiger partial charge in [-0.15, -0.1) is 0 Å². The SMILES string of the molecule is C[C@@H]1O[C@H](COP(C)(=O)O)C[C@H]1O. The first-order chi connectivity index (χ1) is 5.88. The minimum atomic E-state index is -3.42. The minimum absolute atomic E-state index is 0.0612. The summed E-state index contributed by atoms with van der Waals surface area (Å²) >= 11 is 0. The van der Waals surface area contributed by atoms with Crippen LogP contribution < -0.4 is 0 Å². The minimum Gasteiger partial charge on any atom is -0.390 e. The molecule has 0 aromatic carbocycles. The van der Waals surface area contributed by atoms with Gasteiger partial charge in [0.25, 0.3) is 0 Å². The zero-order valence-electron chi connectivity index (χ0n) is 7.71. The molecule has 0 spiro atoms. The molecule has 0 radical (unpaired) electrons. The van der Waals surface area contributed by atoms with Crippen LogP contribution in [0.15, 0.2) is 0 Å². The third-order valence-electron chi connectivity index (χ3n) is 1.95. The number of hydrogen-bond donors (Lipinski definition) is 2. The van der Waals surface area contributed by atoms with E-state index < -0.39 is 13.7 Å². The normalized spacial score (nSPS) is 38.9. The summed E-state index contributed by atoms with van der Waals surface area (Å²) in [5.74, 6) is 0. The third kappa shape index (κ3) is 3.75. The van der Waals surface area contributed by atoms with Crippen LogP contribution in [0.1, 0.15) is 13.3 Å². The molecule has 78 valence electrons. The topological polar surface area (TPSA) is 76.0 Å². The average Bonchev–Trinajstić information content (AvgIpc) is 2.27.